The second-order valence-corrected chi connectivity index (χ2v) is 9.57. The molecule has 1 fully saturated rings. The minimum absolute atomic E-state index is 0.0573. The van der Waals surface area contributed by atoms with Crippen LogP contribution >= 0.6 is 0 Å². The summed E-state index contributed by atoms with van der Waals surface area (Å²) in [5.41, 5.74) is -0.761. The first-order valence-corrected chi connectivity index (χ1v) is 10.0. The summed E-state index contributed by atoms with van der Waals surface area (Å²) in [6, 6.07) is 4.18. The first-order chi connectivity index (χ1) is 11.6. The van der Waals surface area contributed by atoms with Crippen LogP contribution < -0.4 is 10.2 Å². The van der Waals surface area contributed by atoms with Gasteiger partial charge in [0, 0.05) is 11.7 Å². The third-order valence-corrected chi connectivity index (χ3v) is 5.26. The van der Waals surface area contributed by atoms with E-state index in [4.69, 9.17) is 14.0 Å². The lowest BCUT2D eigenvalue weighted by Gasteiger charge is -2.32. The third kappa shape index (κ3) is 5.14. The van der Waals surface area contributed by atoms with E-state index in [1.807, 2.05) is 27.7 Å². The zero-order valence-corrected chi connectivity index (χ0v) is 16.1. The quantitative estimate of drug-likeness (QED) is 0.719. The molecule has 0 N–H and O–H groups in total. The Hall–Kier alpha value is -1.26. The second kappa shape index (κ2) is 6.72. The summed E-state index contributed by atoms with van der Waals surface area (Å²) in [7, 11) is -4.28. The van der Waals surface area contributed by atoms with Gasteiger partial charge in [-0.3, -0.25) is 0 Å². The summed E-state index contributed by atoms with van der Waals surface area (Å²) < 4.78 is 77.3. The van der Waals surface area contributed by atoms with Crippen molar-refractivity contribution in [3.63, 3.8) is 0 Å². The van der Waals surface area contributed by atoms with Crippen molar-refractivity contribution in [2.24, 2.45) is 0 Å². The fraction of sp³-hybridized carbons (Fsp3) is 0.625. The minimum atomic E-state index is -4.50. The zero-order valence-electron chi connectivity index (χ0n) is 15.3. The Morgan fingerprint density at radius 3 is 2.12 bits per heavy atom. The highest BCUT2D eigenvalue weighted by Crippen LogP contribution is 2.37. The highest BCUT2D eigenvalue weighted by atomic mass is 32.2. The zero-order chi connectivity index (χ0) is 20.0. The standard InChI is InChI=1S/C16H22BF3O5S/c1-14(2)15(3,4)25-17(24-14)12-8-11(9-26(5,21)22)6-7-13(12)23-10-16(18,19)20/h6-8H,9-10H2,1-5H3. The minimum Gasteiger partial charge on any atom is -0.484 e. The van der Waals surface area contributed by atoms with Crippen LogP contribution in [0.1, 0.15) is 33.3 Å². The summed E-state index contributed by atoms with van der Waals surface area (Å²) in [6.07, 6.45) is -3.42. The largest absolute Gasteiger partial charge is 0.498 e. The van der Waals surface area contributed by atoms with Gasteiger partial charge < -0.3 is 14.0 Å². The first-order valence-electron chi connectivity index (χ1n) is 7.95. The Labute approximate surface area is 151 Å². The van der Waals surface area contributed by atoms with Crippen LogP contribution in [-0.2, 0) is 24.9 Å². The Morgan fingerprint density at radius 2 is 1.65 bits per heavy atom. The lowest BCUT2D eigenvalue weighted by Crippen LogP contribution is -2.41. The van der Waals surface area contributed by atoms with Crippen LogP contribution in [0.4, 0.5) is 13.2 Å². The molecule has 0 bridgehead atoms. The summed E-state index contributed by atoms with van der Waals surface area (Å²) >= 11 is 0. The van der Waals surface area contributed by atoms with E-state index in [0.717, 1.165) is 6.26 Å². The lowest BCUT2D eigenvalue weighted by molar-refractivity contribution is -0.153. The fourth-order valence-corrected chi connectivity index (χ4v) is 3.22. The number of ether oxygens (including phenoxy) is 1. The lowest BCUT2D eigenvalue weighted by atomic mass is 9.77. The predicted molar refractivity (Wildman–Crippen MR) is 92.3 cm³/mol. The van der Waals surface area contributed by atoms with Gasteiger partial charge in [0.05, 0.1) is 17.0 Å². The topological polar surface area (TPSA) is 61.8 Å². The average Bonchev–Trinajstić information content (AvgIpc) is 2.63. The number of alkyl halides is 3. The molecule has 1 aromatic rings. The maximum Gasteiger partial charge on any atom is 0.498 e. The number of halogens is 3. The molecular formula is C16H22BF3O5S. The second-order valence-electron chi connectivity index (χ2n) is 7.43. The molecular weight excluding hydrogens is 372 g/mol. The van der Waals surface area contributed by atoms with Gasteiger partial charge >= 0.3 is 13.3 Å². The Bertz CT molecular complexity index is 759. The molecule has 10 heteroatoms. The molecule has 0 aromatic heterocycles. The molecule has 2 rings (SSSR count). The highest BCUT2D eigenvalue weighted by molar-refractivity contribution is 7.89. The summed E-state index contributed by atoms with van der Waals surface area (Å²) in [6.45, 7) is 5.77. The molecule has 5 nitrogen and oxygen atoms in total. The molecule has 0 unspecified atom stereocenters. The van der Waals surface area contributed by atoms with Crippen LogP contribution in [-0.4, -0.2) is 45.8 Å². The molecule has 1 aromatic carbocycles. The molecule has 0 atom stereocenters. The van der Waals surface area contributed by atoms with Crippen LogP contribution in [0.15, 0.2) is 18.2 Å². The van der Waals surface area contributed by atoms with E-state index in [0.29, 0.717) is 5.56 Å². The Balaban J connectivity index is 2.40. The Kier molecular flexibility index (Phi) is 5.44. The fourth-order valence-electron chi connectivity index (χ4n) is 2.44. The van der Waals surface area contributed by atoms with Gasteiger partial charge in [-0.25, -0.2) is 8.42 Å². The first kappa shape index (κ1) is 21.0. The van der Waals surface area contributed by atoms with Crippen LogP contribution in [0.5, 0.6) is 5.75 Å². The molecule has 1 heterocycles. The van der Waals surface area contributed by atoms with Gasteiger partial charge in [-0.15, -0.1) is 0 Å². The van der Waals surface area contributed by atoms with Gasteiger partial charge in [-0.05, 0) is 39.3 Å². The van der Waals surface area contributed by atoms with E-state index in [1.165, 1.54) is 18.2 Å². The number of hydrogen-bond acceptors (Lipinski definition) is 5. The van der Waals surface area contributed by atoms with Crippen molar-refractivity contribution in [1.29, 1.82) is 0 Å². The number of sulfone groups is 1. The van der Waals surface area contributed by atoms with E-state index in [2.05, 4.69) is 0 Å². The summed E-state index contributed by atoms with van der Waals surface area (Å²) in [4.78, 5) is 0. The monoisotopic (exact) mass is 394 g/mol. The number of benzene rings is 1. The van der Waals surface area contributed by atoms with E-state index < -0.39 is 40.9 Å². The van der Waals surface area contributed by atoms with Crippen molar-refractivity contribution >= 4 is 22.4 Å². The van der Waals surface area contributed by atoms with E-state index in [9.17, 15) is 21.6 Å². The predicted octanol–water partition coefficient (Wildman–Crippen LogP) is 2.47. The molecule has 1 aliphatic heterocycles. The SMILES string of the molecule is CC1(C)OB(c2cc(CS(C)(=O)=O)ccc2OCC(F)(F)F)OC1(C)C. The third-order valence-electron chi connectivity index (χ3n) is 4.40. The van der Waals surface area contributed by atoms with Crippen LogP contribution in [0.25, 0.3) is 0 Å². The molecule has 0 aliphatic carbocycles. The van der Waals surface area contributed by atoms with Gasteiger partial charge in [0.2, 0.25) is 0 Å². The maximum absolute atomic E-state index is 12.5. The molecule has 26 heavy (non-hydrogen) atoms. The average molecular weight is 394 g/mol. The molecule has 0 radical (unpaired) electrons. The summed E-state index contributed by atoms with van der Waals surface area (Å²) in [5, 5.41) is 0. The van der Waals surface area contributed by atoms with Gasteiger partial charge in [0.25, 0.3) is 0 Å². The van der Waals surface area contributed by atoms with E-state index >= 15 is 0 Å². The van der Waals surface area contributed by atoms with E-state index in [-0.39, 0.29) is 17.0 Å². The smallest absolute Gasteiger partial charge is 0.484 e. The highest BCUT2D eigenvalue weighted by Gasteiger charge is 2.52. The van der Waals surface area contributed by atoms with Crippen molar-refractivity contribution in [1.82, 2.24) is 0 Å². The van der Waals surface area contributed by atoms with Gasteiger partial charge in [-0.2, -0.15) is 13.2 Å². The van der Waals surface area contributed by atoms with Crippen molar-refractivity contribution < 1.29 is 35.6 Å². The molecule has 146 valence electrons. The Morgan fingerprint density at radius 1 is 1.12 bits per heavy atom. The molecule has 0 amide bonds. The van der Waals surface area contributed by atoms with E-state index in [1.54, 1.807) is 0 Å². The van der Waals surface area contributed by atoms with Crippen LogP contribution in [0.3, 0.4) is 0 Å². The number of hydrogen-bond donors (Lipinski definition) is 0. The normalized spacial score (nSPS) is 19.6. The van der Waals surface area contributed by atoms with Crippen molar-refractivity contribution in [2.45, 2.75) is 50.8 Å². The van der Waals surface area contributed by atoms with Crippen molar-refractivity contribution in [3.8, 4) is 5.75 Å². The van der Waals surface area contributed by atoms with Gasteiger partial charge in [-0.1, -0.05) is 12.1 Å². The van der Waals surface area contributed by atoms with Crippen LogP contribution in [0.2, 0.25) is 0 Å². The molecule has 0 spiro atoms. The van der Waals surface area contributed by atoms with Gasteiger partial charge in [0.1, 0.15) is 5.75 Å². The maximum atomic E-state index is 12.5. The molecule has 1 saturated heterocycles. The van der Waals surface area contributed by atoms with Crippen molar-refractivity contribution in [3.05, 3.63) is 23.8 Å². The molecule has 1 aliphatic rings. The van der Waals surface area contributed by atoms with Crippen LogP contribution in [0, 0.1) is 0 Å². The van der Waals surface area contributed by atoms with Gasteiger partial charge in [0.15, 0.2) is 16.4 Å². The van der Waals surface area contributed by atoms with Crippen molar-refractivity contribution in [2.75, 3.05) is 12.9 Å². The molecule has 0 saturated carbocycles. The summed E-state index contributed by atoms with van der Waals surface area (Å²) in [5.74, 6) is -0.308. The number of rotatable bonds is 5.